The number of fused-ring (bicyclic) bond motifs is 1. The van der Waals surface area contributed by atoms with Crippen LogP contribution in [0.15, 0.2) is 36.8 Å². The molecule has 1 aromatic carbocycles. The normalized spacial score (nSPS) is 19.8. The standard InChI is InChI=1S/C20H26N6O2/c1-25-13-17(12-23-25)20-16(8-18(27)26(20)6-7-28-2)10-21-9-14-4-3-5-15-11-22-24-19(14)15/h3-5,11-13,16,20-21H,6-10H2,1-2H3,(H,22,24)/t16-,20+/m0/s1. The lowest BCUT2D eigenvalue weighted by atomic mass is 9.95. The molecule has 2 atom stereocenters. The first-order chi connectivity index (χ1) is 13.7. The molecule has 0 saturated carbocycles. The minimum atomic E-state index is 0.0202. The highest BCUT2D eigenvalue weighted by Gasteiger charge is 2.40. The van der Waals surface area contributed by atoms with Crippen LogP contribution < -0.4 is 5.32 Å². The monoisotopic (exact) mass is 382 g/mol. The zero-order chi connectivity index (χ0) is 19.5. The zero-order valence-electron chi connectivity index (χ0n) is 16.3. The highest BCUT2D eigenvalue weighted by molar-refractivity contribution is 5.81. The van der Waals surface area contributed by atoms with Gasteiger partial charge in [-0.05, 0) is 5.56 Å². The zero-order valence-corrected chi connectivity index (χ0v) is 16.3. The van der Waals surface area contributed by atoms with E-state index in [9.17, 15) is 4.79 Å². The van der Waals surface area contributed by atoms with Gasteiger partial charge < -0.3 is 15.0 Å². The van der Waals surface area contributed by atoms with Gasteiger partial charge in [0.25, 0.3) is 0 Å². The molecule has 148 valence electrons. The van der Waals surface area contributed by atoms with E-state index < -0.39 is 0 Å². The van der Waals surface area contributed by atoms with Gasteiger partial charge in [0.05, 0.1) is 30.6 Å². The molecule has 8 nitrogen and oxygen atoms in total. The summed E-state index contributed by atoms with van der Waals surface area (Å²) in [4.78, 5) is 14.6. The van der Waals surface area contributed by atoms with Gasteiger partial charge in [-0.25, -0.2) is 0 Å². The smallest absolute Gasteiger partial charge is 0.223 e. The van der Waals surface area contributed by atoms with Crippen LogP contribution >= 0.6 is 0 Å². The molecule has 0 radical (unpaired) electrons. The molecule has 1 amide bonds. The van der Waals surface area contributed by atoms with Gasteiger partial charge in [-0.2, -0.15) is 10.2 Å². The fourth-order valence-electron chi connectivity index (χ4n) is 4.11. The number of aromatic amines is 1. The van der Waals surface area contributed by atoms with Gasteiger partial charge in [-0.15, -0.1) is 0 Å². The molecule has 28 heavy (non-hydrogen) atoms. The number of likely N-dealkylation sites (tertiary alicyclic amines) is 1. The topological polar surface area (TPSA) is 88.1 Å². The second kappa shape index (κ2) is 8.12. The number of ether oxygens (including phenoxy) is 1. The first kappa shape index (κ1) is 18.6. The van der Waals surface area contributed by atoms with E-state index in [0.29, 0.717) is 19.6 Å². The Hall–Kier alpha value is -2.71. The molecule has 0 bridgehead atoms. The maximum Gasteiger partial charge on any atom is 0.223 e. The summed E-state index contributed by atoms with van der Waals surface area (Å²) >= 11 is 0. The summed E-state index contributed by atoms with van der Waals surface area (Å²) in [6.07, 6.45) is 6.23. The van der Waals surface area contributed by atoms with E-state index in [-0.39, 0.29) is 17.9 Å². The molecule has 1 saturated heterocycles. The lowest BCUT2D eigenvalue weighted by Gasteiger charge is -2.27. The molecule has 1 aliphatic rings. The largest absolute Gasteiger partial charge is 0.383 e. The van der Waals surface area contributed by atoms with Gasteiger partial charge in [-0.3, -0.25) is 14.6 Å². The van der Waals surface area contributed by atoms with Crippen molar-refractivity contribution in [3.05, 3.63) is 47.9 Å². The van der Waals surface area contributed by atoms with Gasteiger partial charge in [-0.1, -0.05) is 18.2 Å². The highest BCUT2D eigenvalue weighted by Crippen LogP contribution is 2.37. The minimum absolute atomic E-state index is 0.0202. The maximum absolute atomic E-state index is 12.7. The first-order valence-electron chi connectivity index (χ1n) is 9.56. The second-order valence-corrected chi connectivity index (χ2v) is 7.32. The van der Waals surface area contributed by atoms with E-state index in [1.54, 1.807) is 11.8 Å². The Morgan fingerprint density at radius 3 is 3.04 bits per heavy atom. The molecule has 2 aromatic heterocycles. The quantitative estimate of drug-likeness (QED) is 0.618. The Morgan fingerprint density at radius 1 is 1.36 bits per heavy atom. The molecule has 2 N–H and O–H groups in total. The molecule has 3 aromatic rings. The van der Waals surface area contributed by atoms with Crippen LogP contribution in [0.1, 0.15) is 23.6 Å². The Bertz CT molecular complexity index is 949. The van der Waals surface area contributed by atoms with Gasteiger partial charge in [0.2, 0.25) is 5.91 Å². The number of carbonyl (C=O) groups excluding carboxylic acids is 1. The van der Waals surface area contributed by atoms with E-state index in [4.69, 9.17) is 4.74 Å². The van der Waals surface area contributed by atoms with Crippen molar-refractivity contribution in [2.24, 2.45) is 13.0 Å². The number of hydrogen-bond acceptors (Lipinski definition) is 5. The van der Waals surface area contributed by atoms with Crippen molar-refractivity contribution in [1.82, 2.24) is 30.2 Å². The van der Waals surface area contributed by atoms with Crippen LogP contribution in [0.2, 0.25) is 0 Å². The predicted octanol–water partition coefficient (Wildman–Crippen LogP) is 1.62. The third-order valence-electron chi connectivity index (χ3n) is 5.43. The van der Waals surface area contributed by atoms with Crippen molar-refractivity contribution in [3.63, 3.8) is 0 Å². The molecule has 0 aliphatic carbocycles. The lowest BCUT2D eigenvalue weighted by Crippen LogP contribution is -2.33. The Morgan fingerprint density at radius 2 is 2.25 bits per heavy atom. The number of rotatable bonds is 8. The van der Waals surface area contributed by atoms with Gasteiger partial charge in [0.1, 0.15) is 0 Å². The summed E-state index contributed by atoms with van der Waals surface area (Å²) in [5.41, 5.74) is 3.31. The maximum atomic E-state index is 12.7. The van der Waals surface area contributed by atoms with Crippen molar-refractivity contribution in [2.75, 3.05) is 26.8 Å². The molecule has 3 heterocycles. The van der Waals surface area contributed by atoms with E-state index >= 15 is 0 Å². The third kappa shape index (κ3) is 3.65. The fraction of sp³-hybridized carbons (Fsp3) is 0.450. The van der Waals surface area contributed by atoms with E-state index in [1.807, 2.05) is 42.7 Å². The Kier molecular flexibility index (Phi) is 5.40. The van der Waals surface area contributed by atoms with Crippen LogP contribution in [0.4, 0.5) is 0 Å². The number of nitrogens with one attached hydrogen (secondary N) is 2. The number of H-pyrrole nitrogens is 1. The van der Waals surface area contributed by atoms with E-state index in [2.05, 4.69) is 26.7 Å². The summed E-state index contributed by atoms with van der Waals surface area (Å²) in [5.74, 6) is 0.364. The average Bonchev–Trinajstić information content (AvgIpc) is 3.39. The second-order valence-electron chi connectivity index (χ2n) is 7.32. The van der Waals surface area contributed by atoms with E-state index in [0.717, 1.165) is 29.6 Å². The lowest BCUT2D eigenvalue weighted by molar-refractivity contribution is -0.129. The number of aryl methyl sites for hydroxylation is 1. The number of para-hydroxylation sites is 1. The highest BCUT2D eigenvalue weighted by atomic mass is 16.5. The number of nitrogens with zero attached hydrogens (tertiary/aromatic N) is 4. The summed E-state index contributed by atoms with van der Waals surface area (Å²) in [6, 6.07) is 6.20. The van der Waals surface area contributed by atoms with Crippen LogP contribution in [0, 0.1) is 5.92 Å². The SMILES string of the molecule is COCCN1C(=O)C[C@@H](CNCc2cccc3cn[nH]c23)[C@@H]1c1cnn(C)c1. The van der Waals surface area contributed by atoms with E-state index in [1.165, 1.54) is 5.56 Å². The Balaban J connectivity index is 1.47. The molecule has 8 heteroatoms. The van der Waals surface area contributed by atoms with Crippen LogP contribution in [0.5, 0.6) is 0 Å². The molecule has 0 spiro atoms. The average molecular weight is 382 g/mol. The number of carbonyl (C=O) groups is 1. The van der Waals surface area contributed by atoms with Crippen molar-refractivity contribution in [1.29, 1.82) is 0 Å². The molecule has 1 fully saturated rings. The number of benzene rings is 1. The fourth-order valence-corrected chi connectivity index (χ4v) is 4.11. The van der Waals surface area contributed by atoms with Crippen LogP contribution in [0.25, 0.3) is 10.9 Å². The summed E-state index contributed by atoms with van der Waals surface area (Å²) in [6.45, 7) is 2.60. The Labute approximate surface area is 163 Å². The number of hydrogen-bond donors (Lipinski definition) is 2. The number of amides is 1. The molecule has 1 aliphatic heterocycles. The third-order valence-corrected chi connectivity index (χ3v) is 5.43. The molecular formula is C20H26N6O2. The van der Waals surface area contributed by atoms with Crippen LogP contribution in [-0.4, -0.2) is 57.6 Å². The van der Waals surface area contributed by atoms with Crippen LogP contribution in [-0.2, 0) is 23.1 Å². The summed E-state index contributed by atoms with van der Waals surface area (Å²) in [7, 11) is 3.56. The van der Waals surface area contributed by atoms with Crippen molar-refractivity contribution in [3.8, 4) is 0 Å². The number of methoxy groups -OCH3 is 1. The van der Waals surface area contributed by atoms with Gasteiger partial charge in [0.15, 0.2) is 0 Å². The molecule has 4 rings (SSSR count). The number of aromatic nitrogens is 4. The first-order valence-corrected chi connectivity index (χ1v) is 9.56. The van der Waals surface area contributed by atoms with Crippen molar-refractivity contribution < 1.29 is 9.53 Å². The van der Waals surface area contributed by atoms with Crippen LogP contribution in [0.3, 0.4) is 0 Å². The predicted molar refractivity (Wildman–Crippen MR) is 105 cm³/mol. The molecular weight excluding hydrogens is 356 g/mol. The molecule has 0 unspecified atom stereocenters. The van der Waals surface area contributed by atoms with Crippen molar-refractivity contribution >= 4 is 16.8 Å². The van der Waals surface area contributed by atoms with Gasteiger partial charge in [0, 0.05) is 63.3 Å². The van der Waals surface area contributed by atoms with Crippen molar-refractivity contribution in [2.45, 2.75) is 19.0 Å². The minimum Gasteiger partial charge on any atom is -0.383 e. The summed E-state index contributed by atoms with van der Waals surface area (Å²) in [5, 5.41) is 16.1. The van der Waals surface area contributed by atoms with Gasteiger partial charge >= 0.3 is 0 Å². The summed E-state index contributed by atoms with van der Waals surface area (Å²) < 4.78 is 7.00.